The molecule has 2 unspecified atom stereocenters. The molecular formula is C17H26N4OS. The molecule has 6 heteroatoms. The van der Waals surface area contributed by atoms with Crippen LogP contribution in [-0.2, 0) is 0 Å². The second-order valence-electron chi connectivity index (χ2n) is 5.63. The Bertz CT molecular complexity index is 521. The molecule has 1 saturated carbocycles. The van der Waals surface area contributed by atoms with Gasteiger partial charge in [-0.05, 0) is 37.7 Å². The van der Waals surface area contributed by atoms with E-state index in [9.17, 15) is 4.79 Å². The van der Waals surface area contributed by atoms with Crippen molar-refractivity contribution in [2.24, 2.45) is 4.99 Å². The van der Waals surface area contributed by atoms with E-state index < -0.39 is 0 Å². The molecule has 1 aromatic carbocycles. The highest BCUT2D eigenvalue weighted by Gasteiger charge is 2.24. The summed E-state index contributed by atoms with van der Waals surface area (Å²) in [6.07, 6.45) is 5.82. The zero-order valence-corrected chi connectivity index (χ0v) is 14.7. The molecule has 0 spiro atoms. The van der Waals surface area contributed by atoms with E-state index in [0.29, 0.717) is 24.7 Å². The highest BCUT2D eigenvalue weighted by atomic mass is 32.2. The molecule has 0 aromatic heterocycles. The van der Waals surface area contributed by atoms with Gasteiger partial charge in [0.05, 0.1) is 0 Å². The molecule has 1 aliphatic rings. The maximum Gasteiger partial charge on any atom is 0.251 e. The van der Waals surface area contributed by atoms with Crippen LogP contribution in [-0.4, -0.2) is 49.6 Å². The van der Waals surface area contributed by atoms with Gasteiger partial charge in [0.2, 0.25) is 0 Å². The molecule has 0 bridgehead atoms. The van der Waals surface area contributed by atoms with Gasteiger partial charge in [-0.1, -0.05) is 18.2 Å². The van der Waals surface area contributed by atoms with Crippen LogP contribution in [0.5, 0.6) is 0 Å². The van der Waals surface area contributed by atoms with Crippen LogP contribution in [0.2, 0.25) is 0 Å². The number of thioether (sulfide) groups is 1. The molecule has 1 aliphatic carbocycles. The summed E-state index contributed by atoms with van der Waals surface area (Å²) in [6, 6.07) is 9.75. The Kier molecular flexibility index (Phi) is 7.26. The van der Waals surface area contributed by atoms with Crippen LogP contribution in [0.3, 0.4) is 0 Å². The van der Waals surface area contributed by atoms with Gasteiger partial charge in [0.25, 0.3) is 5.91 Å². The van der Waals surface area contributed by atoms with E-state index in [1.807, 2.05) is 42.1 Å². The first-order valence-corrected chi connectivity index (χ1v) is 9.35. The average molecular weight is 334 g/mol. The highest BCUT2D eigenvalue weighted by molar-refractivity contribution is 7.99. The molecule has 1 aromatic rings. The van der Waals surface area contributed by atoms with E-state index in [1.165, 1.54) is 19.3 Å². The molecule has 3 N–H and O–H groups in total. The predicted octanol–water partition coefficient (Wildman–Crippen LogP) is 1.87. The van der Waals surface area contributed by atoms with Crippen LogP contribution in [0, 0.1) is 0 Å². The Morgan fingerprint density at radius 2 is 1.96 bits per heavy atom. The summed E-state index contributed by atoms with van der Waals surface area (Å²) in [5.74, 6) is 0.764. The fraction of sp³-hybridized carbons (Fsp3) is 0.529. The van der Waals surface area contributed by atoms with Crippen LogP contribution in [0.4, 0.5) is 0 Å². The second-order valence-corrected chi connectivity index (χ2v) is 6.77. The number of carbonyl (C=O) groups is 1. The first-order valence-electron chi connectivity index (χ1n) is 8.06. The molecule has 0 heterocycles. The van der Waals surface area contributed by atoms with Gasteiger partial charge in [-0.2, -0.15) is 11.8 Å². The number of rotatable bonds is 6. The van der Waals surface area contributed by atoms with Crippen LogP contribution in [0.25, 0.3) is 0 Å². The number of hydrogen-bond donors (Lipinski definition) is 3. The minimum absolute atomic E-state index is 0.0473. The molecule has 2 rings (SSSR count). The zero-order chi connectivity index (χ0) is 16.5. The maximum absolute atomic E-state index is 11.9. The standard InChI is InChI=1S/C17H26N4OS/c1-18-17(21-14-8-9-15(12-14)23-2)20-11-10-19-16(22)13-6-4-3-5-7-13/h3-7,14-15H,8-12H2,1-2H3,(H,19,22)(H2,18,20,21). The molecule has 5 nitrogen and oxygen atoms in total. The summed E-state index contributed by atoms with van der Waals surface area (Å²) < 4.78 is 0. The monoisotopic (exact) mass is 334 g/mol. The van der Waals surface area contributed by atoms with Crippen molar-refractivity contribution in [1.82, 2.24) is 16.0 Å². The van der Waals surface area contributed by atoms with Crippen LogP contribution in [0.15, 0.2) is 35.3 Å². The fourth-order valence-corrected chi connectivity index (χ4v) is 3.52. The molecule has 126 valence electrons. The normalized spacial score (nSPS) is 21.0. The van der Waals surface area contributed by atoms with Crippen molar-refractivity contribution in [3.63, 3.8) is 0 Å². The van der Waals surface area contributed by atoms with E-state index in [1.54, 1.807) is 7.05 Å². The molecule has 1 fully saturated rings. The Morgan fingerprint density at radius 3 is 2.61 bits per heavy atom. The van der Waals surface area contributed by atoms with Gasteiger partial charge < -0.3 is 16.0 Å². The van der Waals surface area contributed by atoms with Crippen molar-refractivity contribution in [2.75, 3.05) is 26.4 Å². The van der Waals surface area contributed by atoms with Gasteiger partial charge in [-0.15, -0.1) is 0 Å². The minimum Gasteiger partial charge on any atom is -0.355 e. The topological polar surface area (TPSA) is 65.5 Å². The van der Waals surface area contributed by atoms with Crippen LogP contribution >= 0.6 is 11.8 Å². The van der Waals surface area contributed by atoms with E-state index >= 15 is 0 Å². The first-order chi connectivity index (χ1) is 11.2. The smallest absolute Gasteiger partial charge is 0.251 e. The van der Waals surface area contributed by atoms with Crippen molar-refractivity contribution in [3.05, 3.63) is 35.9 Å². The van der Waals surface area contributed by atoms with Crippen LogP contribution < -0.4 is 16.0 Å². The van der Waals surface area contributed by atoms with Crippen molar-refractivity contribution in [2.45, 2.75) is 30.6 Å². The number of carbonyl (C=O) groups excluding carboxylic acids is 1. The number of amides is 1. The molecule has 0 aliphatic heterocycles. The van der Waals surface area contributed by atoms with Gasteiger partial charge in [0, 0.05) is 37.0 Å². The summed E-state index contributed by atoms with van der Waals surface area (Å²) in [4.78, 5) is 16.2. The molecule has 1 amide bonds. The summed E-state index contributed by atoms with van der Waals surface area (Å²) in [5.41, 5.74) is 0.684. The number of nitrogens with zero attached hydrogens (tertiary/aromatic N) is 1. The molecule has 2 atom stereocenters. The number of nitrogens with one attached hydrogen (secondary N) is 3. The number of hydrogen-bond acceptors (Lipinski definition) is 3. The quantitative estimate of drug-likeness (QED) is 0.422. The van der Waals surface area contributed by atoms with Gasteiger partial charge in [-0.25, -0.2) is 0 Å². The Balaban J connectivity index is 1.65. The zero-order valence-electron chi connectivity index (χ0n) is 13.8. The summed E-state index contributed by atoms with van der Waals surface area (Å²) in [6.45, 7) is 1.21. The second kappa shape index (κ2) is 9.45. The summed E-state index contributed by atoms with van der Waals surface area (Å²) >= 11 is 1.95. The lowest BCUT2D eigenvalue weighted by molar-refractivity contribution is 0.0954. The van der Waals surface area contributed by atoms with Crippen molar-refractivity contribution in [3.8, 4) is 0 Å². The third kappa shape index (κ3) is 5.78. The Labute approximate surface area is 142 Å². The van der Waals surface area contributed by atoms with Gasteiger partial charge >= 0.3 is 0 Å². The van der Waals surface area contributed by atoms with E-state index in [-0.39, 0.29) is 5.91 Å². The fourth-order valence-electron chi connectivity index (χ4n) is 2.72. The lowest BCUT2D eigenvalue weighted by Gasteiger charge is -2.17. The third-order valence-electron chi connectivity index (χ3n) is 4.02. The van der Waals surface area contributed by atoms with E-state index in [2.05, 4.69) is 27.2 Å². The SMILES string of the molecule is CN=C(NCCNC(=O)c1ccccc1)NC1CCC(SC)C1. The first kappa shape index (κ1) is 17.7. The predicted molar refractivity (Wildman–Crippen MR) is 98.2 cm³/mol. The lowest BCUT2D eigenvalue weighted by Crippen LogP contribution is -2.45. The molecule has 23 heavy (non-hydrogen) atoms. The number of guanidine groups is 1. The lowest BCUT2D eigenvalue weighted by atomic mass is 10.2. The largest absolute Gasteiger partial charge is 0.355 e. The Hall–Kier alpha value is -1.69. The molecule has 0 radical (unpaired) electrons. The van der Waals surface area contributed by atoms with Gasteiger partial charge in [0.15, 0.2) is 5.96 Å². The van der Waals surface area contributed by atoms with Crippen molar-refractivity contribution >= 4 is 23.6 Å². The number of benzene rings is 1. The minimum atomic E-state index is -0.0473. The van der Waals surface area contributed by atoms with Gasteiger partial charge in [0.1, 0.15) is 0 Å². The van der Waals surface area contributed by atoms with E-state index in [4.69, 9.17) is 0 Å². The van der Waals surface area contributed by atoms with Crippen molar-refractivity contribution < 1.29 is 4.79 Å². The molecule has 0 saturated heterocycles. The summed E-state index contributed by atoms with van der Waals surface area (Å²) in [5, 5.41) is 10.4. The van der Waals surface area contributed by atoms with Crippen molar-refractivity contribution in [1.29, 1.82) is 0 Å². The highest BCUT2D eigenvalue weighted by Crippen LogP contribution is 2.27. The third-order valence-corrected chi connectivity index (χ3v) is 5.12. The number of aliphatic imine (C=N–C) groups is 1. The van der Waals surface area contributed by atoms with E-state index in [0.717, 1.165) is 11.2 Å². The maximum atomic E-state index is 11.9. The average Bonchev–Trinajstić information content (AvgIpc) is 3.05. The van der Waals surface area contributed by atoms with Crippen LogP contribution in [0.1, 0.15) is 29.6 Å². The molecular weight excluding hydrogens is 308 g/mol. The Morgan fingerprint density at radius 1 is 1.22 bits per heavy atom. The van der Waals surface area contributed by atoms with Gasteiger partial charge in [-0.3, -0.25) is 9.79 Å². The summed E-state index contributed by atoms with van der Waals surface area (Å²) in [7, 11) is 1.78.